The highest BCUT2D eigenvalue weighted by molar-refractivity contribution is 6.00. The lowest BCUT2D eigenvalue weighted by Crippen LogP contribution is -2.14. The van der Waals surface area contributed by atoms with E-state index in [4.69, 9.17) is 4.84 Å². The topological polar surface area (TPSA) is 21.6 Å². The number of hydrogen-bond acceptors (Lipinski definition) is 2. The summed E-state index contributed by atoms with van der Waals surface area (Å²) in [6.45, 7) is 6.46. The molecule has 18 heavy (non-hydrogen) atoms. The molecule has 0 spiro atoms. The monoisotopic (exact) mass is 259 g/mol. The third kappa shape index (κ3) is 3.48. The van der Waals surface area contributed by atoms with Gasteiger partial charge in [-0.05, 0) is 33.3 Å². The van der Waals surface area contributed by atoms with Gasteiger partial charge in [0.1, 0.15) is 6.10 Å². The summed E-state index contributed by atoms with van der Waals surface area (Å²) in [5.74, 6) is 0. The van der Waals surface area contributed by atoms with Crippen molar-refractivity contribution in [3.8, 4) is 0 Å². The van der Waals surface area contributed by atoms with E-state index in [1.54, 1.807) is 19.9 Å². The zero-order valence-corrected chi connectivity index (χ0v) is 10.8. The first-order chi connectivity index (χ1) is 8.23. The van der Waals surface area contributed by atoms with Crippen LogP contribution >= 0.6 is 0 Å². The summed E-state index contributed by atoms with van der Waals surface area (Å²) >= 11 is 0. The molecule has 0 aliphatic rings. The number of halogens is 3. The fourth-order valence-electron chi connectivity index (χ4n) is 1.58. The van der Waals surface area contributed by atoms with Crippen LogP contribution in [-0.4, -0.2) is 11.8 Å². The van der Waals surface area contributed by atoms with Crippen LogP contribution in [-0.2, 0) is 11.0 Å². The maximum Gasteiger partial charge on any atom is 0.417 e. The van der Waals surface area contributed by atoms with Crippen LogP contribution in [0.1, 0.15) is 37.5 Å². The third-order valence-corrected chi connectivity index (χ3v) is 2.35. The number of benzene rings is 1. The van der Waals surface area contributed by atoms with E-state index >= 15 is 0 Å². The molecule has 0 atom stereocenters. The second kappa shape index (κ2) is 5.42. The van der Waals surface area contributed by atoms with Gasteiger partial charge in [-0.15, -0.1) is 0 Å². The van der Waals surface area contributed by atoms with Gasteiger partial charge in [-0.3, -0.25) is 0 Å². The van der Waals surface area contributed by atoms with E-state index in [-0.39, 0.29) is 22.9 Å². The first kappa shape index (κ1) is 14.5. The Kier molecular flexibility index (Phi) is 4.38. The summed E-state index contributed by atoms with van der Waals surface area (Å²) in [6, 6.07) is 4.41. The average Bonchev–Trinajstić information content (AvgIpc) is 2.23. The molecule has 0 aromatic heterocycles. The van der Waals surface area contributed by atoms with Gasteiger partial charge < -0.3 is 4.84 Å². The molecule has 0 bridgehead atoms. The largest absolute Gasteiger partial charge is 0.417 e. The molecule has 0 unspecified atom stereocenters. The van der Waals surface area contributed by atoms with Crippen LogP contribution < -0.4 is 0 Å². The molecule has 1 rings (SSSR count). The molecule has 0 aliphatic heterocycles. The van der Waals surface area contributed by atoms with E-state index in [1.807, 2.05) is 0 Å². The van der Waals surface area contributed by atoms with Crippen molar-refractivity contribution in [3.63, 3.8) is 0 Å². The van der Waals surface area contributed by atoms with Gasteiger partial charge in [0.2, 0.25) is 0 Å². The fraction of sp³-hybridized carbons (Fsp3) is 0.462. The van der Waals surface area contributed by atoms with Crippen LogP contribution in [0, 0.1) is 6.92 Å². The number of oxime groups is 1. The number of rotatable bonds is 3. The third-order valence-electron chi connectivity index (χ3n) is 2.35. The van der Waals surface area contributed by atoms with Gasteiger partial charge in [0, 0.05) is 5.56 Å². The first-order valence-corrected chi connectivity index (χ1v) is 5.61. The quantitative estimate of drug-likeness (QED) is 0.590. The Morgan fingerprint density at radius 2 is 1.89 bits per heavy atom. The van der Waals surface area contributed by atoms with Crippen LogP contribution in [0.2, 0.25) is 0 Å². The normalized spacial score (nSPS) is 13.0. The molecule has 5 heteroatoms. The van der Waals surface area contributed by atoms with Crippen molar-refractivity contribution < 1.29 is 18.0 Å². The van der Waals surface area contributed by atoms with E-state index in [9.17, 15) is 13.2 Å². The summed E-state index contributed by atoms with van der Waals surface area (Å²) in [4.78, 5) is 4.99. The molecule has 1 aromatic rings. The molecule has 0 fully saturated rings. The molecular weight excluding hydrogens is 243 g/mol. The standard InChI is InChI=1S/C13H16F3NO/c1-8(2)18-17-10(4)11-7-5-6-9(3)12(11)13(14,15)16/h5-8H,1-4H3. The molecule has 0 heterocycles. The van der Waals surface area contributed by atoms with E-state index < -0.39 is 11.7 Å². The number of hydrogen-bond donors (Lipinski definition) is 0. The van der Waals surface area contributed by atoms with Crippen LogP contribution in [0.4, 0.5) is 13.2 Å². The number of alkyl halides is 3. The van der Waals surface area contributed by atoms with Gasteiger partial charge in [0.05, 0.1) is 11.3 Å². The molecule has 0 radical (unpaired) electrons. The highest BCUT2D eigenvalue weighted by atomic mass is 19.4. The first-order valence-electron chi connectivity index (χ1n) is 5.61. The van der Waals surface area contributed by atoms with Crippen molar-refractivity contribution in [2.45, 2.75) is 40.0 Å². The predicted molar refractivity (Wildman–Crippen MR) is 64.6 cm³/mol. The SMILES string of the molecule is CC(=NOC(C)C)c1cccc(C)c1C(F)(F)F. The Labute approximate surface area is 104 Å². The Morgan fingerprint density at radius 3 is 2.39 bits per heavy atom. The molecule has 2 nitrogen and oxygen atoms in total. The van der Waals surface area contributed by atoms with E-state index in [2.05, 4.69) is 5.16 Å². The Morgan fingerprint density at radius 1 is 1.28 bits per heavy atom. The van der Waals surface area contributed by atoms with Crippen molar-refractivity contribution in [1.82, 2.24) is 0 Å². The second-order valence-corrected chi connectivity index (χ2v) is 4.33. The zero-order chi connectivity index (χ0) is 13.9. The lowest BCUT2D eigenvalue weighted by atomic mass is 9.98. The molecule has 0 saturated heterocycles. The highest BCUT2D eigenvalue weighted by Crippen LogP contribution is 2.34. The molecule has 1 aromatic carbocycles. The zero-order valence-electron chi connectivity index (χ0n) is 10.8. The molecule has 100 valence electrons. The van der Waals surface area contributed by atoms with E-state index in [0.717, 1.165) is 0 Å². The van der Waals surface area contributed by atoms with Gasteiger partial charge in [-0.25, -0.2) is 0 Å². The second-order valence-electron chi connectivity index (χ2n) is 4.33. The molecule has 0 aliphatic carbocycles. The Balaban J connectivity index is 3.25. The summed E-state index contributed by atoms with van der Waals surface area (Å²) in [5.41, 5.74) is -0.194. The Hall–Kier alpha value is -1.52. The van der Waals surface area contributed by atoms with Gasteiger partial charge in [-0.1, -0.05) is 23.4 Å². The van der Waals surface area contributed by atoms with Crippen molar-refractivity contribution in [2.24, 2.45) is 5.16 Å². The van der Waals surface area contributed by atoms with Gasteiger partial charge in [-0.2, -0.15) is 13.2 Å². The number of nitrogens with zero attached hydrogens (tertiary/aromatic N) is 1. The molecule has 0 N–H and O–H groups in total. The summed E-state index contributed by atoms with van der Waals surface area (Å²) in [7, 11) is 0. The number of aryl methyl sites for hydroxylation is 1. The minimum atomic E-state index is -4.39. The Bertz CT molecular complexity index is 450. The smallest absolute Gasteiger partial charge is 0.393 e. The summed E-state index contributed by atoms with van der Waals surface area (Å²) in [6.07, 6.45) is -4.56. The maximum absolute atomic E-state index is 13.0. The fourth-order valence-corrected chi connectivity index (χ4v) is 1.58. The average molecular weight is 259 g/mol. The van der Waals surface area contributed by atoms with Gasteiger partial charge in [0.15, 0.2) is 0 Å². The predicted octanol–water partition coefficient (Wildman–Crippen LogP) is 4.16. The van der Waals surface area contributed by atoms with Gasteiger partial charge >= 0.3 is 6.18 Å². The van der Waals surface area contributed by atoms with Crippen molar-refractivity contribution in [3.05, 3.63) is 34.9 Å². The minimum Gasteiger partial charge on any atom is -0.393 e. The van der Waals surface area contributed by atoms with E-state index in [1.165, 1.54) is 26.0 Å². The van der Waals surface area contributed by atoms with Crippen LogP contribution in [0.15, 0.2) is 23.4 Å². The van der Waals surface area contributed by atoms with Gasteiger partial charge in [0.25, 0.3) is 0 Å². The van der Waals surface area contributed by atoms with Crippen LogP contribution in [0.25, 0.3) is 0 Å². The molecule has 0 saturated carbocycles. The summed E-state index contributed by atoms with van der Waals surface area (Å²) < 4.78 is 38.9. The highest BCUT2D eigenvalue weighted by Gasteiger charge is 2.35. The molecular formula is C13H16F3NO. The molecule has 0 amide bonds. The maximum atomic E-state index is 13.0. The van der Waals surface area contributed by atoms with Crippen molar-refractivity contribution >= 4 is 5.71 Å². The van der Waals surface area contributed by atoms with E-state index in [0.29, 0.717) is 0 Å². The lowest BCUT2D eigenvalue weighted by Gasteiger charge is -2.15. The van der Waals surface area contributed by atoms with Crippen LogP contribution in [0.3, 0.4) is 0 Å². The van der Waals surface area contributed by atoms with Crippen molar-refractivity contribution in [1.29, 1.82) is 0 Å². The minimum absolute atomic E-state index is 0.0585. The van der Waals surface area contributed by atoms with Crippen molar-refractivity contribution in [2.75, 3.05) is 0 Å². The van der Waals surface area contributed by atoms with Crippen LogP contribution in [0.5, 0.6) is 0 Å². The summed E-state index contributed by atoms with van der Waals surface area (Å²) in [5, 5.41) is 3.73. The lowest BCUT2D eigenvalue weighted by molar-refractivity contribution is -0.138.